The van der Waals surface area contributed by atoms with Gasteiger partial charge in [0.2, 0.25) is 0 Å². The Morgan fingerprint density at radius 2 is 1.97 bits per heavy atom. The molecule has 1 aliphatic carbocycles. The van der Waals surface area contributed by atoms with Crippen LogP contribution in [0.2, 0.25) is 0 Å². The van der Waals surface area contributed by atoms with E-state index in [1.807, 2.05) is 0 Å². The van der Waals surface area contributed by atoms with Gasteiger partial charge in [-0.25, -0.2) is 0 Å². The topological polar surface area (TPSA) is 148 Å². The van der Waals surface area contributed by atoms with E-state index in [-0.39, 0.29) is 22.1 Å². The molecule has 2 rings (SSSR count). The van der Waals surface area contributed by atoms with Crippen molar-refractivity contribution < 1.29 is 31.3 Å². The molecule has 0 heterocycles. The molecule has 5 N–H and O–H groups in total. The van der Waals surface area contributed by atoms with Crippen LogP contribution in [0.25, 0.3) is 0 Å². The van der Waals surface area contributed by atoms with Crippen LogP contribution in [0.5, 0.6) is 0 Å². The van der Waals surface area contributed by atoms with Crippen LogP contribution in [-0.2, 0) is 21.9 Å². The Morgan fingerprint density at radius 1 is 1.28 bits per heavy atom. The molecule has 1 amide bonds. The Balaban J connectivity index is 0.000000323. The second-order valence-electron chi connectivity index (χ2n) is 8.12. The molecule has 2 atom stereocenters. The number of amides is 1. The minimum atomic E-state index is -4.83. The van der Waals surface area contributed by atoms with Crippen molar-refractivity contribution in [1.29, 1.82) is 0 Å². The molecule has 0 aromatic heterocycles. The second kappa shape index (κ2) is 14.5. The van der Waals surface area contributed by atoms with Gasteiger partial charge >= 0.3 is 94.4 Å². The predicted octanol–water partition coefficient (Wildman–Crippen LogP) is 2.43. The molecule has 1 fully saturated rings. The average molecular weight is 516 g/mol. The summed E-state index contributed by atoms with van der Waals surface area (Å²) in [5, 5.41) is 10.7. The van der Waals surface area contributed by atoms with Gasteiger partial charge in [0.05, 0.1) is 13.0 Å². The van der Waals surface area contributed by atoms with Crippen LogP contribution < -0.4 is 15.4 Å². The van der Waals surface area contributed by atoms with Gasteiger partial charge in [-0.15, -0.1) is 0 Å². The zero-order valence-electron chi connectivity index (χ0n) is 19.2. The standard InChI is InChI=1S/C14H27NO2.C8H10AsNO5/c1-3-4-5-6-11(7-8-15)12-9-13(10-12)14(16)17-2;1-6(11)10-8-4-2-3-7(5-8)9(12,13)15-14/h11-13H,3-10,15H2,1-2H3;2-5,14H,1H3,(H,10,11)(H,12,13). The SMILES string of the molecule is CC(=O)Nc1cccc([As](=O)(O)OO)c1.CCCCCC(CCN)C1CC(C(=O)OC)C1. The number of ether oxygens (including phenoxy) is 1. The first-order chi connectivity index (χ1) is 15.2. The number of methoxy groups -OCH3 is 1. The molecule has 9 nitrogen and oxygen atoms in total. The number of benzene rings is 1. The van der Waals surface area contributed by atoms with Crippen molar-refractivity contribution in [2.45, 2.75) is 58.8 Å². The number of carbonyl (C=O) groups is 2. The summed E-state index contributed by atoms with van der Waals surface area (Å²) in [4.78, 5) is 22.1. The van der Waals surface area contributed by atoms with E-state index in [1.165, 1.54) is 57.9 Å². The smallest absolute Gasteiger partial charge is 0.308 e. The maximum Gasteiger partial charge on any atom is 0.308 e. The number of nitrogens with two attached hydrogens (primary N) is 1. The van der Waals surface area contributed by atoms with Crippen molar-refractivity contribution in [3.63, 3.8) is 0 Å². The predicted molar refractivity (Wildman–Crippen MR) is 122 cm³/mol. The van der Waals surface area contributed by atoms with Gasteiger partial charge in [-0.1, -0.05) is 32.6 Å². The third kappa shape index (κ3) is 9.46. The molecular weight excluding hydrogens is 479 g/mol. The summed E-state index contributed by atoms with van der Waals surface area (Å²) in [6, 6.07) is 5.64. The maximum absolute atomic E-state index is 11.3. The fourth-order valence-electron chi connectivity index (χ4n) is 3.90. The number of anilines is 1. The summed E-state index contributed by atoms with van der Waals surface area (Å²) in [5.41, 5.74) is 6.05. The van der Waals surface area contributed by atoms with Crippen LogP contribution in [0.15, 0.2) is 24.3 Å². The number of nitrogens with one attached hydrogen (secondary N) is 1. The van der Waals surface area contributed by atoms with Crippen molar-refractivity contribution in [2.24, 2.45) is 23.5 Å². The number of unbranched alkanes of at least 4 members (excludes halogenated alkanes) is 2. The molecule has 0 radical (unpaired) electrons. The molecule has 1 aromatic carbocycles. The van der Waals surface area contributed by atoms with Gasteiger partial charge in [-0.3, -0.25) is 4.79 Å². The van der Waals surface area contributed by atoms with Gasteiger partial charge in [0.1, 0.15) is 0 Å². The van der Waals surface area contributed by atoms with Crippen LogP contribution in [0.4, 0.5) is 5.69 Å². The molecular formula is C22H37AsN2O7. The number of carbonyl (C=O) groups excluding carboxylic acids is 2. The third-order valence-electron chi connectivity index (χ3n) is 5.70. The van der Waals surface area contributed by atoms with Crippen molar-refractivity contribution in [2.75, 3.05) is 19.0 Å². The van der Waals surface area contributed by atoms with E-state index in [0.29, 0.717) is 11.6 Å². The van der Waals surface area contributed by atoms with E-state index in [1.54, 1.807) is 6.07 Å². The number of hydrogen-bond acceptors (Lipinski definition) is 7. The molecule has 2 unspecified atom stereocenters. The number of esters is 1. The van der Waals surface area contributed by atoms with Crippen molar-refractivity contribution in [3.05, 3.63) is 24.3 Å². The molecule has 1 aromatic rings. The monoisotopic (exact) mass is 516 g/mol. The fraction of sp³-hybridized carbons (Fsp3) is 0.636. The van der Waals surface area contributed by atoms with Crippen LogP contribution in [-0.4, -0.2) is 49.1 Å². The molecule has 0 spiro atoms. The average Bonchev–Trinajstić information content (AvgIpc) is 2.73. The molecule has 0 saturated heterocycles. The first-order valence-corrected chi connectivity index (χ1v) is 14.3. The van der Waals surface area contributed by atoms with Gasteiger partial charge in [0, 0.05) is 0 Å². The number of hydrogen-bond donors (Lipinski definition) is 4. The van der Waals surface area contributed by atoms with E-state index in [9.17, 15) is 17.4 Å². The molecule has 182 valence electrons. The quantitative estimate of drug-likeness (QED) is 0.115. The van der Waals surface area contributed by atoms with Crippen LogP contribution in [0.1, 0.15) is 58.8 Å². The van der Waals surface area contributed by atoms with Crippen LogP contribution in [0.3, 0.4) is 0 Å². The van der Waals surface area contributed by atoms with Gasteiger partial charge in [-0.05, 0) is 37.6 Å². The van der Waals surface area contributed by atoms with Gasteiger partial charge in [-0.2, -0.15) is 0 Å². The second-order valence-corrected chi connectivity index (χ2v) is 11.7. The zero-order valence-corrected chi connectivity index (χ0v) is 21.0. The van der Waals surface area contributed by atoms with E-state index in [0.717, 1.165) is 31.7 Å². The van der Waals surface area contributed by atoms with E-state index in [4.69, 9.17) is 15.7 Å². The fourth-order valence-corrected chi connectivity index (χ4v) is 5.31. The molecule has 32 heavy (non-hydrogen) atoms. The Bertz CT molecular complexity index is 768. The molecule has 0 bridgehead atoms. The van der Waals surface area contributed by atoms with E-state index < -0.39 is 14.2 Å². The maximum atomic E-state index is 11.3. The molecule has 1 aliphatic rings. The summed E-state index contributed by atoms with van der Waals surface area (Å²) >= 11 is -4.83. The van der Waals surface area contributed by atoms with Crippen LogP contribution in [0, 0.1) is 17.8 Å². The Labute approximate surface area is 193 Å². The van der Waals surface area contributed by atoms with Crippen molar-refractivity contribution >= 4 is 36.1 Å². The first kappa shape index (κ1) is 28.4. The normalized spacial score (nSPS) is 20.1. The van der Waals surface area contributed by atoms with Crippen molar-refractivity contribution in [1.82, 2.24) is 0 Å². The summed E-state index contributed by atoms with van der Waals surface area (Å²) in [6.45, 7) is 4.32. The van der Waals surface area contributed by atoms with Gasteiger partial charge in [0.15, 0.2) is 0 Å². The first-order valence-electron chi connectivity index (χ1n) is 11.0. The Morgan fingerprint density at radius 3 is 2.50 bits per heavy atom. The van der Waals surface area contributed by atoms with Crippen LogP contribution >= 0.6 is 0 Å². The Kier molecular flexibility index (Phi) is 12.9. The zero-order chi connectivity index (χ0) is 24.1. The molecule has 10 heteroatoms. The third-order valence-corrected chi connectivity index (χ3v) is 8.11. The molecule has 0 aliphatic heterocycles. The van der Waals surface area contributed by atoms with Gasteiger partial charge in [0.25, 0.3) is 0 Å². The van der Waals surface area contributed by atoms with E-state index in [2.05, 4.69) is 16.1 Å². The minimum absolute atomic E-state index is 0.0266. The number of rotatable bonds is 11. The summed E-state index contributed by atoms with van der Waals surface area (Å²) < 4.78 is 28.7. The minimum Gasteiger partial charge on any atom is -0.469 e. The van der Waals surface area contributed by atoms with E-state index >= 15 is 0 Å². The summed E-state index contributed by atoms with van der Waals surface area (Å²) in [5.74, 6) is 1.28. The summed E-state index contributed by atoms with van der Waals surface area (Å²) in [6.07, 6.45) is 8.32. The largest absolute Gasteiger partial charge is 0.469 e. The Hall–Kier alpha value is -1.64. The van der Waals surface area contributed by atoms with Gasteiger partial charge < -0.3 is 10.5 Å². The van der Waals surface area contributed by atoms with Crippen molar-refractivity contribution in [3.8, 4) is 0 Å². The molecule has 1 saturated carbocycles. The summed E-state index contributed by atoms with van der Waals surface area (Å²) in [7, 11) is 1.48.